The van der Waals surface area contributed by atoms with Crippen molar-refractivity contribution in [3.8, 4) is 0 Å². The van der Waals surface area contributed by atoms with E-state index in [2.05, 4.69) is 41.4 Å². The van der Waals surface area contributed by atoms with Crippen LogP contribution in [0.4, 0.5) is 0 Å². The van der Waals surface area contributed by atoms with Crippen molar-refractivity contribution in [3.05, 3.63) is 75.8 Å². The summed E-state index contributed by atoms with van der Waals surface area (Å²) >= 11 is 6.20. The third kappa shape index (κ3) is 6.43. The first-order valence-corrected chi connectivity index (χ1v) is 11.0. The molecule has 1 heterocycles. The lowest BCUT2D eigenvalue weighted by molar-refractivity contribution is -0.139. The predicted molar refractivity (Wildman–Crippen MR) is 124 cm³/mol. The zero-order valence-electron chi connectivity index (χ0n) is 17.9. The Morgan fingerprint density at radius 3 is 2.87 bits per heavy atom. The number of esters is 1. The van der Waals surface area contributed by atoms with Gasteiger partial charge < -0.3 is 15.0 Å². The molecule has 0 unspecified atom stereocenters. The highest BCUT2D eigenvalue weighted by atomic mass is 35.5. The third-order valence-corrected chi connectivity index (χ3v) is 5.75. The molecule has 1 saturated heterocycles. The van der Waals surface area contributed by atoms with E-state index in [0.29, 0.717) is 0 Å². The number of hydrogen-bond donors (Lipinski definition) is 1. The fourth-order valence-corrected chi connectivity index (χ4v) is 4.14. The quantitative estimate of drug-likeness (QED) is 0.663. The molecule has 1 aliphatic rings. The van der Waals surface area contributed by atoms with Crippen LogP contribution in [-0.2, 0) is 16.0 Å². The molecule has 0 saturated carbocycles. The van der Waals surface area contributed by atoms with Gasteiger partial charge in [-0.15, -0.1) is 0 Å². The molecular formula is C25H31ClN2O2. The number of nitrogens with one attached hydrogen (secondary N) is 1. The smallest absolute Gasteiger partial charge is 0.309 e. The molecule has 3 rings (SSSR count). The van der Waals surface area contributed by atoms with Crippen LogP contribution in [0.25, 0.3) is 5.57 Å². The molecule has 0 amide bonds. The minimum atomic E-state index is -0.227. The Labute approximate surface area is 184 Å². The SMILES string of the molecule is COC(=O)Cc1cccc(/C(=C\CCN2CCCNCC2)c2ccc(Cl)cc2C)c1. The van der Waals surface area contributed by atoms with Crippen LogP contribution < -0.4 is 5.32 Å². The average molecular weight is 427 g/mol. The largest absolute Gasteiger partial charge is 0.469 e. The van der Waals surface area contributed by atoms with E-state index >= 15 is 0 Å². The molecule has 4 nitrogen and oxygen atoms in total. The Morgan fingerprint density at radius 2 is 2.07 bits per heavy atom. The summed E-state index contributed by atoms with van der Waals surface area (Å²) in [5, 5.41) is 4.20. The van der Waals surface area contributed by atoms with Crippen LogP contribution in [-0.4, -0.2) is 50.7 Å². The Kier molecular flexibility index (Phi) is 8.50. The topological polar surface area (TPSA) is 41.6 Å². The molecule has 0 radical (unpaired) electrons. The fourth-order valence-electron chi connectivity index (χ4n) is 3.92. The summed E-state index contributed by atoms with van der Waals surface area (Å²) in [6.07, 6.45) is 4.77. The zero-order valence-corrected chi connectivity index (χ0v) is 18.7. The summed E-state index contributed by atoms with van der Waals surface area (Å²) in [4.78, 5) is 14.3. The van der Waals surface area contributed by atoms with E-state index in [-0.39, 0.29) is 12.4 Å². The highest BCUT2D eigenvalue weighted by Gasteiger charge is 2.12. The molecule has 0 aliphatic carbocycles. The first-order valence-electron chi connectivity index (χ1n) is 10.6. The van der Waals surface area contributed by atoms with Crippen molar-refractivity contribution in [1.29, 1.82) is 0 Å². The van der Waals surface area contributed by atoms with Gasteiger partial charge in [-0.1, -0.05) is 48.0 Å². The first kappa shape index (κ1) is 22.5. The lowest BCUT2D eigenvalue weighted by atomic mass is 9.92. The molecule has 2 aromatic carbocycles. The van der Waals surface area contributed by atoms with E-state index < -0.39 is 0 Å². The second-order valence-corrected chi connectivity index (χ2v) is 8.20. The number of aryl methyl sites for hydroxylation is 1. The number of benzene rings is 2. The molecule has 30 heavy (non-hydrogen) atoms. The predicted octanol–water partition coefficient (Wildman–Crippen LogP) is 4.48. The van der Waals surface area contributed by atoms with Crippen LogP contribution >= 0.6 is 11.6 Å². The maximum atomic E-state index is 11.7. The standard InChI is InChI=1S/C25H31ClN2O2/c1-19-16-22(26)9-10-23(19)24(8-4-13-28-14-5-11-27-12-15-28)21-7-3-6-20(17-21)18-25(29)30-2/h3,6-10,16-17,27H,4-5,11-15,18H2,1-2H3/b24-8+. The Morgan fingerprint density at radius 1 is 1.20 bits per heavy atom. The summed E-state index contributed by atoms with van der Waals surface area (Å²) in [5.74, 6) is -0.227. The van der Waals surface area contributed by atoms with Crippen molar-refractivity contribution >= 4 is 23.1 Å². The molecule has 2 aromatic rings. The van der Waals surface area contributed by atoms with Crippen molar-refractivity contribution in [2.45, 2.75) is 26.2 Å². The molecule has 0 bridgehead atoms. The Hall–Kier alpha value is -2.14. The van der Waals surface area contributed by atoms with E-state index in [1.807, 2.05) is 24.3 Å². The second-order valence-electron chi connectivity index (χ2n) is 7.76. The van der Waals surface area contributed by atoms with Gasteiger partial charge in [-0.3, -0.25) is 4.79 Å². The third-order valence-electron chi connectivity index (χ3n) is 5.52. The van der Waals surface area contributed by atoms with Gasteiger partial charge in [0.25, 0.3) is 0 Å². The fraction of sp³-hybridized carbons (Fsp3) is 0.400. The van der Waals surface area contributed by atoms with Crippen LogP contribution in [0, 0.1) is 6.92 Å². The van der Waals surface area contributed by atoms with E-state index in [4.69, 9.17) is 16.3 Å². The van der Waals surface area contributed by atoms with Crippen molar-refractivity contribution in [2.75, 3.05) is 39.8 Å². The highest BCUT2D eigenvalue weighted by molar-refractivity contribution is 6.30. The van der Waals surface area contributed by atoms with Gasteiger partial charge in [0.2, 0.25) is 0 Å². The summed E-state index contributed by atoms with van der Waals surface area (Å²) < 4.78 is 4.83. The second kappa shape index (κ2) is 11.3. The number of halogens is 1. The molecular weight excluding hydrogens is 396 g/mol. The van der Waals surface area contributed by atoms with E-state index in [1.54, 1.807) is 0 Å². The van der Waals surface area contributed by atoms with Crippen molar-refractivity contribution in [3.63, 3.8) is 0 Å². The van der Waals surface area contributed by atoms with Gasteiger partial charge in [0.15, 0.2) is 0 Å². The van der Waals surface area contributed by atoms with Crippen LogP contribution in [0.3, 0.4) is 0 Å². The number of methoxy groups -OCH3 is 1. The lowest BCUT2D eigenvalue weighted by Gasteiger charge is -2.19. The molecule has 1 N–H and O–H groups in total. The number of hydrogen-bond acceptors (Lipinski definition) is 4. The summed E-state index contributed by atoms with van der Waals surface area (Å²) in [5.41, 5.74) is 5.57. The number of carbonyl (C=O) groups is 1. The number of ether oxygens (including phenoxy) is 1. The maximum absolute atomic E-state index is 11.7. The van der Waals surface area contributed by atoms with Crippen molar-refractivity contribution in [1.82, 2.24) is 10.2 Å². The normalized spacial score (nSPS) is 15.6. The van der Waals surface area contributed by atoms with Crippen LogP contribution in [0.5, 0.6) is 0 Å². The number of rotatable bonds is 7. The van der Waals surface area contributed by atoms with Gasteiger partial charge in [0, 0.05) is 24.7 Å². The summed E-state index contributed by atoms with van der Waals surface area (Å²) in [6, 6.07) is 14.2. The minimum Gasteiger partial charge on any atom is -0.469 e. The number of nitrogens with zero attached hydrogens (tertiary/aromatic N) is 1. The summed E-state index contributed by atoms with van der Waals surface area (Å²) in [6.45, 7) is 7.53. The van der Waals surface area contributed by atoms with Crippen LogP contribution in [0.15, 0.2) is 48.5 Å². The first-order chi connectivity index (χ1) is 14.6. The monoisotopic (exact) mass is 426 g/mol. The maximum Gasteiger partial charge on any atom is 0.309 e. The van der Waals surface area contributed by atoms with Crippen molar-refractivity contribution in [2.24, 2.45) is 0 Å². The van der Waals surface area contributed by atoms with Gasteiger partial charge in [0.05, 0.1) is 13.5 Å². The van der Waals surface area contributed by atoms with Crippen LogP contribution in [0.1, 0.15) is 35.1 Å². The molecule has 0 aromatic heterocycles. The van der Waals surface area contributed by atoms with Crippen LogP contribution in [0.2, 0.25) is 5.02 Å². The van der Waals surface area contributed by atoms with E-state index in [0.717, 1.165) is 60.9 Å². The Bertz CT molecular complexity index is 886. The molecule has 1 aliphatic heterocycles. The van der Waals surface area contributed by atoms with Gasteiger partial charge in [-0.05, 0) is 72.8 Å². The lowest BCUT2D eigenvalue weighted by Crippen LogP contribution is -2.28. The zero-order chi connectivity index (χ0) is 21.3. The van der Waals surface area contributed by atoms with E-state index in [9.17, 15) is 4.79 Å². The molecule has 1 fully saturated rings. The van der Waals surface area contributed by atoms with Gasteiger partial charge in [-0.2, -0.15) is 0 Å². The van der Waals surface area contributed by atoms with Gasteiger partial charge >= 0.3 is 5.97 Å². The number of carbonyl (C=O) groups excluding carboxylic acids is 1. The van der Waals surface area contributed by atoms with E-state index in [1.165, 1.54) is 24.7 Å². The van der Waals surface area contributed by atoms with Gasteiger partial charge in [0.1, 0.15) is 0 Å². The molecule has 0 spiro atoms. The van der Waals surface area contributed by atoms with Gasteiger partial charge in [-0.25, -0.2) is 0 Å². The summed E-state index contributed by atoms with van der Waals surface area (Å²) in [7, 11) is 1.42. The molecule has 0 atom stereocenters. The average Bonchev–Trinajstić information content (AvgIpc) is 3.01. The molecule has 160 valence electrons. The molecule has 5 heteroatoms. The Balaban J connectivity index is 1.87. The minimum absolute atomic E-state index is 0.227. The van der Waals surface area contributed by atoms with Crippen molar-refractivity contribution < 1.29 is 9.53 Å². The highest BCUT2D eigenvalue weighted by Crippen LogP contribution is 2.29.